The Morgan fingerprint density at radius 1 is 1.43 bits per heavy atom. The number of nitrogens with zero attached hydrogens (tertiary/aromatic N) is 2. The van der Waals surface area contributed by atoms with E-state index in [9.17, 15) is 20.0 Å². The molecule has 2 rings (SSSR count). The molecule has 1 amide bonds. The molecule has 0 aromatic heterocycles. The Morgan fingerprint density at radius 3 is 2.74 bits per heavy atom. The summed E-state index contributed by atoms with van der Waals surface area (Å²) in [5.41, 5.74) is 0.256. The fourth-order valence-electron chi connectivity index (χ4n) is 2.59. The molecule has 2 N–H and O–H groups in total. The van der Waals surface area contributed by atoms with Crippen LogP contribution in [0.2, 0.25) is 0 Å². The minimum Gasteiger partial charge on any atom is -0.530 e. The number of amides is 1. The number of carbonyl (C=O) groups excluding carboxylic acids is 1. The Bertz CT molecular complexity index is 625. The second-order valence-electron chi connectivity index (χ2n) is 5.46. The number of benzene rings is 1. The average molecular weight is 337 g/mol. The quantitative estimate of drug-likeness (QED) is 0.479. The molecule has 1 aromatic rings. The maximum Gasteiger partial charge on any atom is 0.292 e. The van der Waals surface area contributed by atoms with Crippen LogP contribution in [-0.2, 0) is 0 Å². The lowest BCUT2D eigenvalue weighted by Gasteiger charge is -2.39. The zero-order valence-corrected chi connectivity index (χ0v) is 13.3. The highest BCUT2D eigenvalue weighted by Crippen LogP contribution is 2.23. The maximum atomic E-state index is 11.0. The topological polar surface area (TPSA) is 111 Å². The van der Waals surface area contributed by atoms with Crippen LogP contribution in [0.4, 0.5) is 16.2 Å². The second kappa shape index (κ2) is 7.23. The Kier molecular flexibility index (Phi) is 5.32. The zero-order chi connectivity index (χ0) is 17.0. The molecule has 2 atom stereocenters. The molecule has 0 bridgehead atoms. The fraction of sp³-hybridized carbons (Fsp3) is 0.429. The number of anilines is 1. The van der Waals surface area contributed by atoms with Gasteiger partial charge in [0.05, 0.1) is 4.92 Å². The molecular weight excluding hydrogens is 320 g/mol. The van der Waals surface area contributed by atoms with Crippen LogP contribution < -0.4 is 15.7 Å². The first-order valence-corrected chi connectivity index (χ1v) is 7.56. The lowest BCUT2D eigenvalue weighted by molar-refractivity contribution is -0.383. The summed E-state index contributed by atoms with van der Waals surface area (Å²) in [5, 5.41) is 28.1. The molecule has 1 heterocycles. The molecule has 8 nitrogen and oxygen atoms in total. The maximum absolute atomic E-state index is 11.0. The van der Waals surface area contributed by atoms with Crippen molar-refractivity contribution in [1.29, 1.82) is 0 Å². The molecule has 2 unspecified atom stereocenters. The highest BCUT2D eigenvalue weighted by molar-refractivity contribution is 7.80. The lowest BCUT2D eigenvalue weighted by atomic mass is 9.94. The van der Waals surface area contributed by atoms with Crippen LogP contribution in [0.3, 0.4) is 0 Å². The van der Waals surface area contributed by atoms with Crippen LogP contribution >= 0.6 is 12.2 Å². The van der Waals surface area contributed by atoms with Crippen LogP contribution in [0.1, 0.15) is 13.3 Å². The molecule has 1 aliphatic heterocycles. The molecule has 0 saturated carbocycles. The Morgan fingerprint density at radius 2 is 2.13 bits per heavy atom. The van der Waals surface area contributed by atoms with Crippen molar-refractivity contribution in [2.45, 2.75) is 19.4 Å². The highest BCUT2D eigenvalue weighted by Gasteiger charge is 2.26. The molecule has 0 spiro atoms. The standard InChI is InChI=1S/C14H18N4O4S/c1-9-8-17(14(19)20)7-6-10(9)15-13(23)16-11-4-2-3-5-12(11)18(21)22/h2-5,9-10H,6-8H2,1H3,(H,19,20)(H2,15,16,23)/p-1. The predicted octanol–water partition coefficient (Wildman–Crippen LogP) is 0.935. The second-order valence-corrected chi connectivity index (χ2v) is 5.87. The van der Waals surface area contributed by atoms with E-state index in [-0.39, 0.29) is 22.8 Å². The van der Waals surface area contributed by atoms with Crippen molar-refractivity contribution in [2.75, 3.05) is 18.4 Å². The van der Waals surface area contributed by atoms with Crippen molar-refractivity contribution in [1.82, 2.24) is 10.2 Å². The van der Waals surface area contributed by atoms with Gasteiger partial charge in [0.1, 0.15) is 11.8 Å². The van der Waals surface area contributed by atoms with E-state index in [1.54, 1.807) is 18.2 Å². The Labute approximate surface area is 138 Å². The van der Waals surface area contributed by atoms with Crippen molar-refractivity contribution >= 4 is 34.8 Å². The van der Waals surface area contributed by atoms with Crippen LogP contribution in [-0.4, -0.2) is 40.2 Å². The van der Waals surface area contributed by atoms with E-state index < -0.39 is 11.0 Å². The molecule has 1 aromatic carbocycles. The van der Waals surface area contributed by atoms with Crippen LogP contribution in [0.25, 0.3) is 0 Å². The summed E-state index contributed by atoms with van der Waals surface area (Å²) in [7, 11) is 0. The third-order valence-corrected chi connectivity index (χ3v) is 4.05. The van der Waals surface area contributed by atoms with Gasteiger partial charge in [-0.2, -0.15) is 0 Å². The molecule has 23 heavy (non-hydrogen) atoms. The number of nitro benzene ring substituents is 1. The van der Waals surface area contributed by atoms with Gasteiger partial charge >= 0.3 is 0 Å². The number of piperidine rings is 1. The number of likely N-dealkylation sites (tertiary alicyclic amines) is 1. The molecule has 0 radical (unpaired) electrons. The van der Waals surface area contributed by atoms with Gasteiger partial charge in [0.25, 0.3) is 5.69 Å². The summed E-state index contributed by atoms with van der Waals surface area (Å²) in [5.74, 6) is 0.0483. The van der Waals surface area contributed by atoms with Crippen molar-refractivity contribution in [2.24, 2.45) is 5.92 Å². The van der Waals surface area contributed by atoms with Gasteiger partial charge in [0.2, 0.25) is 0 Å². The number of carbonyl (C=O) groups is 1. The number of hydrogen-bond donors (Lipinski definition) is 2. The molecule has 1 aliphatic rings. The van der Waals surface area contributed by atoms with Gasteiger partial charge in [-0.3, -0.25) is 10.1 Å². The first-order valence-electron chi connectivity index (χ1n) is 7.15. The third kappa shape index (κ3) is 4.28. The van der Waals surface area contributed by atoms with Gasteiger partial charge in [-0.1, -0.05) is 19.1 Å². The number of para-hydroxylation sites is 2. The lowest BCUT2D eigenvalue weighted by Crippen LogP contribution is -2.54. The molecule has 124 valence electrons. The van der Waals surface area contributed by atoms with Gasteiger partial charge < -0.3 is 25.4 Å². The van der Waals surface area contributed by atoms with Gasteiger partial charge in [-0.05, 0) is 30.6 Å². The van der Waals surface area contributed by atoms with Gasteiger partial charge in [-0.25, -0.2) is 0 Å². The van der Waals surface area contributed by atoms with Gasteiger partial charge in [-0.15, -0.1) is 0 Å². The first-order chi connectivity index (χ1) is 10.9. The smallest absolute Gasteiger partial charge is 0.292 e. The van der Waals surface area contributed by atoms with Crippen molar-refractivity contribution in [3.8, 4) is 0 Å². The number of nitro groups is 1. The molecule has 0 aliphatic carbocycles. The zero-order valence-electron chi connectivity index (χ0n) is 12.5. The fourth-order valence-corrected chi connectivity index (χ4v) is 2.85. The van der Waals surface area contributed by atoms with Crippen LogP contribution in [0.5, 0.6) is 0 Å². The number of hydrogen-bond acceptors (Lipinski definition) is 5. The van der Waals surface area contributed by atoms with Gasteiger partial charge in [0.15, 0.2) is 5.11 Å². The minimum absolute atomic E-state index is 0.00614. The monoisotopic (exact) mass is 337 g/mol. The van der Waals surface area contributed by atoms with E-state index in [1.807, 2.05) is 6.92 Å². The summed E-state index contributed by atoms with van der Waals surface area (Å²) in [4.78, 5) is 22.6. The van der Waals surface area contributed by atoms with Gasteiger partial charge in [0, 0.05) is 25.2 Å². The van der Waals surface area contributed by atoms with E-state index >= 15 is 0 Å². The van der Waals surface area contributed by atoms with E-state index in [4.69, 9.17) is 12.2 Å². The largest absolute Gasteiger partial charge is 0.530 e. The third-order valence-electron chi connectivity index (χ3n) is 3.83. The predicted molar refractivity (Wildman–Crippen MR) is 87.0 cm³/mol. The summed E-state index contributed by atoms with van der Waals surface area (Å²) in [6, 6.07) is 6.23. The number of thiocarbonyl (C=S) groups is 1. The summed E-state index contributed by atoms with van der Waals surface area (Å²) >= 11 is 5.21. The van der Waals surface area contributed by atoms with Crippen molar-refractivity contribution in [3.63, 3.8) is 0 Å². The molecule has 1 saturated heterocycles. The first kappa shape index (κ1) is 16.9. The molecule has 9 heteroatoms. The Balaban J connectivity index is 1.96. The van der Waals surface area contributed by atoms with E-state index in [1.165, 1.54) is 11.0 Å². The number of nitrogens with one attached hydrogen (secondary N) is 2. The SMILES string of the molecule is CC1CN(C(=O)[O-])CCC1NC(=S)Nc1ccccc1[N+](=O)[O-]. The van der Waals surface area contributed by atoms with E-state index in [0.717, 1.165) is 0 Å². The van der Waals surface area contributed by atoms with E-state index in [0.29, 0.717) is 25.2 Å². The van der Waals surface area contributed by atoms with Crippen LogP contribution in [0, 0.1) is 16.0 Å². The minimum atomic E-state index is -1.17. The Hall–Kier alpha value is -2.42. The molecule has 1 fully saturated rings. The van der Waals surface area contributed by atoms with E-state index in [2.05, 4.69) is 10.6 Å². The highest BCUT2D eigenvalue weighted by atomic mass is 32.1. The summed E-state index contributed by atoms with van der Waals surface area (Å²) in [6.45, 7) is 2.66. The van der Waals surface area contributed by atoms with Crippen LogP contribution in [0.15, 0.2) is 24.3 Å². The number of carboxylic acid groups (broad SMARTS) is 1. The van der Waals surface area contributed by atoms with Crippen molar-refractivity contribution in [3.05, 3.63) is 34.4 Å². The normalized spacial score (nSPS) is 20.7. The number of rotatable bonds is 3. The summed E-state index contributed by atoms with van der Waals surface area (Å²) in [6.07, 6.45) is -0.579. The summed E-state index contributed by atoms with van der Waals surface area (Å²) < 4.78 is 0. The molecular formula is C14H17N4O4S-. The van der Waals surface area contributed by atoms with Crippen molar-refractivity contribution < 1.29 is 14.8 Å². The average Bonchev–Trinajstić information content (AvgIpc) is 2.49.